The topological polar surface area (TPSA) is 12.0 Å². The van der Waals surface area contributed by atoms with Crippen LogP contribution in [0, 0.1) is 5.92 Å². The Kier molecular flexibility index (Phi) is 1.15. The number of rotatable bonds is 1. The van der Waals surface area contributed by atoms with Crippen molar-refractivity contribution in [2.45, 2.75) is 13.0 Å². The molecule has 1 aliphatic rings. The minimum absolute atomic E-state index is 0.597. The zero-order valence-corrected chi connectivity index (χ0v) is 4.65. The van der Waals surface area contributed by atoms with Crippen LogP contribution in [-0.4, -0.2) is 12.6 Å². The molecule has 0 aromatic heterocycles. The molecule has 40 valence electrons. The fraction of sp³-hybridized carbons (Fsp3) is 0.667. The SMILES string of the molecule is C=CC1NCC1C. The summed E-state index contributed by atoms with van der Waals surface area (Å²) in [5.41, 5.74) is 0. The van der Waals surface area contributed by atoms with Crippen LogP contribution >= 0.6 is 0 Å². The highest BCUT2D eigenvalue weighted by Gasteiger charge is 2.21. The number of nitrogens with one attached hydrogen (secondary N) is 1. The van der Waals surface area contributed by atoms with Crippen LogP contribution in [-0.2, 0) is 0 Å². The molecule has 0 saturated carbocycles. The second kappa shape index (κ2) is 1.66. The van der Waals surface area contributed by atoms with Crippen LogP contribution in [0.4, 0.5) is 0 Å². The molecule has 2 unspecified atom stereocenters. The van der Waals surface area contributed by atoms with E-state index >= 15 is 0 Å². The van der Waals surface area contributed by atoms with Crippen molar-refractivity contribution < 1.29 is 0 Å². The van der Waals surface area contributed by atoms with Crippen molar-refractivity contribution >= 4 is 0 Å². The molecule has 1 saturated heterocycles. The van der Waals surface area contributed by atoms with Gasteiger partial charge in [-0.15, -0.1) is 6.58 Å². The van der Waals surface area contributed by atoms with Crippen molar-refractivity contribution in [2.75, 3.05) is 6.54 Å². The van der Waals surface area contributed by atoms with Crippen molar-refractivity contribution in [3.8, 4) is 0 Å². The fourth-order valence-corrected chi connectivity index (χ4v) is 0.805. The van der Waals surface area contributed by atoms with Crippen LogP contribution < -0.4 is 5.32 Å². The van der Waals surface area contributed by atoms with E-state index in [0.717, 1.165) is 12.5 Å². The molecule has 0 aromatic rings. The van der Waals surface area contributed by atoms with Gasteiger partial charge in [-0.3, -0.25) is 0 Å². The summed E-state index contributed by atoms with van der Waals surface area (Å²) in [7, 11) is 0. The fourth-order valence-electron chi connectivity index (χ4n) is 0.805. The highest BCUT2D eigenvalue weighted by atomic mass is 15.0. The van der Waals surface area contributed by atoms with E-state index in [9.17, 15) is 0 Å². The van der Waals surface area contributed by atoms with Crippen LogP contribution in [0.5, 0.6) is 0 Å². The van der Waals surface area contributed by atoms with Crippen molar-refractivity contribution in [2.24, 2.45) is 5.92 Å². The first-order valence-corrected chi connectivity index (χ1v) is 2.70. The molecular weight excluding hydrogens is 86.1 g/mol. The maximum absolute atomic E-state index is 3.67. The van der Waals surface area contributed by atoms with E-state index in [0.29, 0.717) is 6.04 Å². The summed E-state index contributed by atoms with van der Waals surface area (Å²) in [6.07, 6.45) is 1.97. The van der Waals surface area contributed by atoms with Gasteiger partial charge in [0.25, 0.3) is 0 Å². The molecule has 2 atom stereocenters. The normalized spacial score (nSPS) is 39.6. The molecular formula is C6H11N. The molecule has 1 fully saturated rings. The predicted molar refractivity (Wildman–Crippen MR) is 31.2 cm³/mol. The minimum atomic E-state index is 0.597. The van der Waals surface area contributed by atoms with E-state index in [4.69, 9.17) is 0 Å². The maximum Gasteiger partial charge on any atom is 0.0285 e. The van der Waals surface area contributed by atoms with E-state index < -0.39 is 0 Å². The Morgan fingerprint density at radius 2 is 2.57 bits per heavy atom. The van der Waals surface area contributed by atoms with Gasteiger partial charge in [0.2, 0.25) is 0 Å². The second-order valence-electron chi connectivity index (χ2n) is 2.15. The summed E-state index contributed by atoms with van der Waals surface area (Å²) in [5, 5.41) is 3.23. The monoisotopic (exact) mass is 97.1 g/mol. The average molecular weight is 97.2 g/mol. The van der Waals surface area contributed by atoms with Gasteiger partial charge in [0.15, 0.2) is 0 Å². The molecule has 0 amide bonds. The Bertz CT molecular complexity index is 78.2. The van der Waals surface area contributed by atoms with Crippen molar-refractivity contribution in [3.63, 3.8) is 0 Å². The highest BCUT2D eigenvalue weighted by Crippen LogP contribution is 2.11. The molecule has 1 nitrogen and oxygen atoms in total. The quantitative estimate of drug-likeness (QED) is 0.477. The largest absolute Gasteiger partial charge is 0.310 e. The lowest BCUT2D eigenvalue weighted by atomic mass is 9.94. The van der Waals surface area contributed by atoms with Gasteiger partial charge in [-0.25, -0.2) is 0 Å². The molecule has 1 N–H and O–H groups in total. The van der Waals surface area contributed by atoms with E-state index in [1.165, 1.54) is 0 Å². The maximum atomic E-state index is 3.67. The minimum Gasteiger partial charge on any atom is -0.310 e. The first kappa shape index (κ1) is 4.85. The number of hydrogen-bond acceptors (Lipinski definition) is 1. The molecule has 7 heavy (non-hydrogen) atoms. The Labute approximate surface area is 44.4 Å². The highest BCUT2D eigenvalue weighted by molar-refractivity contribution is 4.97. The Balaban J connectivity index is 2.28. The molecule has 0 aromatic carbocycles. The zero-order chi connectivity index (χ0) is 5.28. The van der Waals surface area contributed by atoms with E-state index in [2.05, 4.69) is 18.8 Å². The molecule has 0 bridgehead atoms. The van der Waals surface area contributed by atoms with Gasteiger partial charge in [0, 0.05) is 12.6 Å². The van der Waals surface area contributed by atoms with Crippen LogP contribution in [0.25, 0.3) is 0 Å². The van der Waals surface area contributed by atoms with Gasteiger partial charge >= 0.3 is 0 Å². The molecule has 0 spiro atoms. The average Bonchev–Trinajstić information content (AvgIpc) is 1.65. The van der Waals surface area contributed by atoms with Crippen LogP contribution in [0.2, 0.25) is 0 Å². The first-order valence-electron chi connectivity index (χ1n) is 2.70. The summed E-state index contributed by atoms with van der Waals surface area (Å²) in [6.45, 7) is 7.06. The molecule has 1 heteroatoms. The summed E-state index contributed by atoms with van der Waals surface area (Å²) < 4.78 is 0. The van der Waals surface area contributed by atoms with E-state index in [1.54, 1.807) is 0 Å². The smallest absolute Gasteiger partial charge is 0.0285 e. The van der Waals surface area contributed by atoms with Crippen molar-refractivity contribution in [3.05, 3.63) is 12.7 Å². The number of hydrogen-bond donors (Lipinski definition) is 1. The third kappa shape index (κ3) is 0.682. The standard InChI is InChI=1S/C6H11N/c1-3-6-5(2)4-7-6/h3,5-7H,1,4H2,2H3. The lowest BCUT2D eigenvalue weighted by Gasteiger charge is -2.32. The van der Waals surface area contributed by atoms with Crippen LogP contribution in [0.1, 0.15) is 6.92 Å². The second-order valence-corrected chi connectivity index (χ2v) is 2.15. The lowest BCUT2D eigenvalue weighted by Crippen LogP contribution is -2.49. The van der Waals surface area contributed by atoms with Crippen molar-refractivity contribution in [1.29, 1.82) is 0 Å². The molecule has 1 heterocycles. The molecule has 0 aliphatic carbocycles. The Hall–Kier alpha value is -0.300. The third-order valence-electron chi connectivity index (χ3n) is 1.54. The third-order valence-corrected chi connectivity index (χ3v) is 1.54. The van der Waals surface area contributed by atoms with Gasteiger partial charge in [0.05, 0.1) is 0 Å². The van der Waals surface area contributed by atoms with Gasteiger partial charge in [-0.2, -0.15) is 0 Å². The summed E-state index contributed by atoms with van der Waals surface area (Å²) in [4.78, 5) is 0. The van der Waals surface area contributed by atoms with E-state index in [-0.39, 0.29) is 0 Å². The van der Waals surface area contributed by atoms with Crippen LogP contribution in [0.3, 0.4) is 0 Å². The predicted octanol–water partition coefficient (Wildman–Crippen LogP) is 0.780. The van der Waals surface area contributed by atoms with Gasteiger partial charge in [0.1, 0.15) is 0 Å². The zero-order valence-electron chi connectivity index (χ0n) is 4.65. The Morgan fingerprint density at radius 3 is 2.57 bits per heavy atom. The molecule has 1 aliphatic heterocycles. The summed E-state index contributed by atoms with van der Waals surface area (Å²) in [6, 6.07) is 0.597. The summed E-state index contributed by atoms with van der Waals surface area (Å²) >= 11 is 0. The van der Waals surface area contributed by atoms with Gasteiger partial charge < -0.3 is 5.32 Å². The molecule has 0 radical (unpaired) electrons. The molecule has 1 rings (SSSR count). The first-order chi connectivity index (χ1) is 3.34. The van der Waals surface area contributed by atoms with Gasteiger partial charge in [-0.1, -0.05) is 13.0 Å². The Morgan fingerprint density at radius 1 is 1.86 bits per heavy atom. The summed E-state index contributed by atoms with van der Waals surface area (Å²) in [5.74, 6) is 0.817. The van der Waals surface area contributed by atoms with E-state index in [1.807, 2.05) is 6.08 Å². The van der Waals surface area contributed by atoms with Crippen molar-refractivity contribution in [1.82, 2.24) is 5.32 Å². The van der Waals surface area contributed by atoms with Gasteiger partial charge in [-0.05, 0) is 5.92 Å². The van der Waals surface area contributed by atoms with Crippen LogP contribution in [0.15, 0.2) is 12.7 Å². The lowest BCUT2D eigenvalue weighted by molar-refractivity contribution is 0.304.